The van der Waals surface area contributed by atoms with Crippen LogP contribution in [0.15, 0.2) is 64.6 Å². The molecule has 0 fully saturated rings. The first kappa shape index (κ1) is 21.7. The Morgan fingerprint density at radius 3 is 2.44 bits per heavy atom. The van der Waals surface area contributed by atoms with Gasteiger partial charge in [-0.1, -0.05) is 11.8 Å². The van der Waals surface area contributed by atoms with Crippen molar-refractivity contribution in [3.05, 3.63) is 65.9 Å². The van der Waals surface area contributed by atoms with Crippen molar-refractivity contribution < 1.29 is 19.1 Å². The summed E-state index contributed by atoms with van der Waals surface area (Å²) in [5.41, 5.74) is 2.37. The molecule has 0 spiro atoms. The minimum Gasteiger partial charge on any atom is -0.497 e. The van der Waals surface area contributed by atoms with Crippen LogP contribution in [0.2, 0.25) is 0 Å². The lowest BCUT2D eigenvalue weighted by Gasteiger charge is -2.27. The van der Waals surface area contributed by atoms with Gasteiger partial charge in [-0.2, -0.15) is 0 Å². The number of methoxy groups -OCH3 is 2. The Morgan fingerprint density at radius 1 is 1.06 bits per heavy atom. The van der Waals surface area contributed by atoms with Gasteiger partial charge in [0.1, 0.15) is 16.5 Å². The van der Waals surface area contributed by atoms with E-state index in [4.69, 9.17) is 9.47 Å². The maximum absolute atomic E-state index is 13.2. The molecule has 1 aliphatic rings. The number of fused-ring (bicyclic) bond motifs is 2. The molecule has 0 unspecified atom stereocenters. The lowest BCUT2D eigenvalue weighted by Crippen LogP contribution is -2.37. The van der Waals surface area contributed by atoms with E-state index in [1.54, 1.807) is 47.5 Å². The summed E-state index contributed by atoms with van der Waals surface area (Å²) in [5, 5.41) is 3.56. The van der Waals surface area contributed by atoms with Crippen LogP contribution in [0.4, 0.5) is 11.4 Å². The SMILES string of the molecule is COc1cc(OC)cc(C(=O)Nc2ccc3c(c2)Sc2ncccc2C(=O)N3C(C)C)c1. The molecule has 1 N–H and O–H groups in total. The Hall–Kier alpha value is -3.52. The summed E-state index contributed by atoms with van der Waals surface area (Å²) in [6.45, 7) is 3.94. The molecule has 7 nitrogen and oxygen atoms in total. The van der Waals surface area contributed by atoms with E-state index in [1.165, 1.54) is 26.0 Å². The van der Waals surface area contributed by atoms with Gasteiger partial charge in [0.05, 0.1) is 25.5 Å². The second kappa shape index (κ2) is 8.92. The number of hydrogen-bond donors (Lipinski definition) is 1. The third kappa shape index (κ3) is 4.13. The molecule has 4 rings (SSSR count). The number of pyridine rings is 1. The van der Waals surface area contributed by atoms with E-state index in [0.717, 1.165) is 10.6 Å². The van der Waals surface area contributed by atoms with Crippen LogP contribution in [0.3, 0.4) is 0 Å². The largest absolute Gasteiger partial charge is 0.497 e. The number of amides is 2. The minimum atomic E-state index is -0.295. The molecule has 0 saturated heterocycles. The molecule has 8 heteroatoms. The van der Waals surface area contributed by atoms with Gasteiger partial charge in [-0.05, 0) is 56.3 Å². The van der Waals surface area contributed by atoms with Crippen molar-refractivity contribution in [1.29, 1.82) is 0 Å². The maximum Gasteiger partial charge on any atom is 0.261 e. The highest BCUT2D eigenvalue weighted by atomic mass is 32.2. The topological polar surface area (TPSA) is 80.8 Å². The molecule has 2 heterocycles. The van der Waals surface area contributed by atoms with E-state index in [-0.39, 0.29) is 17.9 Å². The van der Waals surface area contributed by atoms with Gasteiger partial charge in [-0.25, -0.2) is 4.98 Å². The summed E-state index contributed by atoms with van der Waals surface area (Å²) in [6.07, 6.45) is 1.67. The second-order valence-electron chi connectivity index (χ2n) is 7.47. The predicted octanol–water partition coefficient (Wildman–Crippen LogP) is 4.87. The molecule has 0 atom stereocenters. The molecule has 2 aromatic carbocycles. The van der Waals surface area contributed by atoms with E-state index in [2.05, 4.69) is 10.3 Å². The van der Waals surface area contributed by atoms with Crippen molar-refractivity contribution in [2.75, 3.05) is 24.4 Å². The summed E-state index contributed by atoms with van der Waals surface area (Å²) in [4.78, 5) is 33.1. The number of carbonyl (C=O) groups excluding carboxylic acids is 2. The van der Waals surface area contributed by atoms with E-state index in [9.17, 15) is 9.59 Å². The van der Waals surface area contributed by atoms with Crippen LogP contribution in [0.25, 0.3) is 0 Å². The average molecular weight is 450 g/mol. The second-order valence-corrected chi connectivity index (χ2v) is 8.50. The average Bonchev–Trinajstić information content (AvgIpc) is 2.92. The molecule has 0 bridgehead atoms. The molecule has 164 valence electrons. The van der Waals surface area contributed by atoms with Gasteiger partial charge in [0.15, 0.2) is 0 Å². The van der Waals surface area contributed by atoms with Crippen LogP contribution in [0.1, 0.15) is 34.6 Å². The molecular weight excluding hydrogens is 426 g/mol. The highest BCUT2D eigenvalue weighted by Crippen LogP contribution is 2.42. The smallest absolute Gasteiger partial charge is 0.261 e. The van der Waals surface area contributed by atoms with Crippen molar-refractivity contribution in [2.45, 2.75) is 29.8 Å². The van der Waals surface area contributed by atoms with Crippen LogP contribution in [0, 0.1) is 0 Å². The molecule has 2 amide bonds. The van der Waals surface area contributed by atoms with E-state index >= 15 is 0 Å². The highest BCUT2D eigenvalue weighted by molar-refractivity contribution is 7.99. The number of nitrogens with one attached hydrogen (secondary N) is 1. The van der Waals surface area contributed by atoms with Crippen molar-refractivity contribution >= 4 is 35.0 Å². The number of hydrogen-bond acceptors (Lipinski definition) is 6. The minimum absolute atomic E-state index is 0.0438. The number of carbonyl (C=O) groups is 2. The number of ether oxygens (including phenoxy) is 2. The summed E-state index contributed by atoms with van der Waals surface area (Å²) in [6, 6.07) is 14.0. The summed E-state index contributed by atoms with van der Waals surface area (Å²) < 4.78 is 10.5. The van der Waals surface area contributed by atoms with Gasteiger partial charge in [0, 0.05) is 34.5 Å². The fraction of sp³-hybridized carbons (Fsp3) is 0.208. The van der Waals surface area contributed by atoms with E-state index in [1.807, 2.05) is 26.0 Å². The fourth-order valence-corrected chi connectivity index (χ4v) is 4.55. The predicted molar refractivity (Wildman–Crippen MR) is 124 cm³/mol. The highest BCUT2D eigenvalue weighted by Gasteiger charge is 2.30. The van der Waals surface area contributed by atoms with Crippen molar-refractivity contribution in [2.24, 2.45) is 0 Å². The molecule has 1 aliphatic heterocycles. The van der Waals surface area contributed by atoms with Crippen LogP contribution < -0.4 is 19.7 Å². The van der Waals surface area contributed by atoms with Gasteiger partial charge in [0.25, 0.3) is 11.8 Å². The third-order valence-corrected chi connectivity index (χ3v) is 6.10. The number of nitrogens with zero attached hydrogens (tertiary/aromatic N) is 2. The molecule has 32 heavy (non-hydrogen) atoms. The molecule has 0 aliphatic carbocycles. The summed E-state index contributed by atoms with van der Waals surface area (Å²) in [7, 11) is 3.07. The first-order chi connectivity index (χ1) is 15.4. The van der Waals surface area contributed by atoms with Crippen LogP contribution in [0.5, 0.6) is 11.5 Å². The zero-order valence-corrected chi connectivity index (χ0v) is 19.0. The first-order valence-corrected chi connectivity index (χ1v) is 10.9. The maximum atomic E-state index is 13.2. The number of aromatic nitrogens is 1. The zero-order chi connectivity index (χ0) is 22.8. The van der Waals surface area contributed by atoms with Gasteiger partial charge in [0.2, 0.25) is 0 Å². The van der Waals surface area contributed by atoms with Crippen LogP contribution in [-0.2, 0) is 0 Å². The van der Waals surface area contributed by atoms with Gasteiger partial charge < -0.3 is 19.7 Å². The van der Waals surface area contributed by atoms with Crippen LogP contribution >= 0.6 is 11.8 Å². The van der Waals surface area contributed by atoms with E-state index in [0.29, 0.717) is 33.3 Å². The normalized spacial score (nSPS) is 12.7. The molecule has 3 aromatic rings. The summed E-state index contributed by atoms with van der Waals surface area (Å²) in [5.74, 6) is 0.673. The van der Waals surface area contributed by atoms with Crippen molar-refractivity contribution in [1.82, 2.24) is 4.98 Å². The lowest BCUT2D eigenvalue weighted by molar-refractivity contribution is 0.0975. The fourth-order valence-electron chi connectivity index (χ4n) is 3.51. The molecular formula is C24H23N3O4S. The zero-order valence-electron chi connectivity index (χ0n) is 18.2. The number of rotatable bonds is 5. The standard InChI is InChI=1S/C24H23N3O4S/c1-14(2)27-20-8-7-16(12-21(20)32-23-19(24(27)29)6-5-9-25-23)26-22(28)15-10-17(30-3)13-18(11-15)31-4/h5-14H,1-4H3,(H,26,28). The van der Waals surface area contributed by atoms with Crippen molar-refractivity contribution in [3.63, 3.8) is 0 Å². The third-order valence-electron chi connectivity index (χ3n) is 5.03. The monoisotopic (exact) mass is 449 g/mol. The van der Waals surface area contributed by atoms with Crippen LogP contribution in [-0.4, -0.2) is 37.1 Å². The number of anilines is 2. The van der Waals surface area contributed by atoms with Crippen molar-refractivity contribution in [3.8, 4) is 11.5 Å². The Morgan fingerprint density at radius 2 is 1.78 bits per heavy atom. The number of benzene rings is 2. The molecule has 0 radical (unpaired) electrons. The van der Waals surface area contributed by atoms with Gasteiger partial charge >= 0.3 is 0 Å². The van der Waals surface area contributed by atoms with E-state index < -0.39 is 0 Å². The quantitative estimate of drug-likeness (QED) is 0.599. The van der Waals surface area contributed by atoms with Gasteiger partial charge in [-0.3, -0.25) is 9.59 Å². The molecule has 1 aromatic heterocycles. The van der Waals surface area contributed by atoms with Gasteiger partial charge in [-0.15, -0.1) is 0 Å². The Kier molecular flexibility index (Phi) is 6.05. The first-order valence-electron chi connectivity index (χ1n) is 10.1. The summed E-state index contributed by atoms with van der Waals surface area (Å²) >= 11 is 1.41. The lowest BCUT2D eigenvalue weighted by atomic mass is 10.1. The molecule has 0 saturated carbocycles. The Balaban J connectivity index is 1.69. The Labute approximate surface area is 190 Å². The Bertz CT molecular complexity index is 1170.